The largest absolute Gasteiger partial charge is 0.367 e. The van der Waals surface area contributed by atoms with Gasteiger partial charge in [-0.2, -0.15) is 0 Å². The Bertz CT molecular complexity index is 481. The maximum absolute atomic E-state index is 10.1. The molecular formula is C18H26O2. The van der Waals surface area contributed by atoms with Crippen LogP contribution in [0.3, 0.4) is 0 Å². The molecule has 1 aromatic rings. The highest BCUT2D eigenvalue weighted by Gasteiger charge is 2.38. The van der Waals surface area contributed by atoms with Gasteiger partial charge in [-0.15, -0.1) is 0 Å². The molecule has 1 fully saturated rings. The Morgan fingerprint density at radius 1 is 1.30 bits per heavy atom. The van der Waals surface area contributed by atoms with Crippen LogP contribution in [0.1, 0.15) is 45.2 Å². The Hall–Kier alpha value is -1.12. The first-order valence-corrected chi connectivity index (χ1v) is 7.26. The molecule has 1 aromatic carbocycles. The van der Waals surface area contributed by atoms with E-state index in [2.05, 4.69) is 58.5 Å². The van der Waals surface area contributed by atoms with Crippen molar-refractivity contribution >= 4 is 0 Å². The fourth-order valence-corrected chi connectivity index (χ4v) is 2.85. The molecule has 1 heterocycles. The Labute approximate surface area is 122 Å². The minimum absolute atomic E-state index is 0.171. The summed E-state index contributed by atoms with van der Waals surface area (Å²) in [5.74, 6) is 0. The normalized spacial score (nSPS) is 27.6. The lowest BCUT2D eigenvalue weighted by molar-refractivity contribution is -0.181. The third kappa shape index (κ3) is 3.31. The van der Waals surface area contributed by atoms with Crippen molar-refractivity contribution in [1.82, 2.24) is 0 Å². The van der Waals surface area contributed by atoms with Crippen molar-refractivity contribution in [2.45, 2.75) is 52.2 Å². The molecule has 0 spiro atoms. The molecule has 2 nitrogen and oxygen atoms in total. The summed E-state index contributed by atoms with van der Waals surface area (Å²) in [7, 11) is 0. The number of hydrogen-bond acceptors (Lipinski definition) is 2. The van der Waals surface area contributed by atoms with Gasteiger partial charge in [0.25, 0.3) is 0 Å². The van der Waals surface area contributed by atoms with E-state index in [1.807, 2.05) is 0 Å². The summed E-state index contributed by atoms with van der Waals surface area (Å²) in [4.78, 5) is 0. The van der Waals surface area contributed by atoms with Gasteiger partial charge in [-0.3, -0.25) is 0 Å². The SMILES string of the molecule is C=C1COC(O)C(C)(Cc2ccc(C(C)(C)C)cc2)C1. The zero-order chi connectivity index (χ0) is 15.0. The van der Waals surface area contributed by atoms with E-state index in [9.17, 15) is 5.11 Å². The molecule has 0 amide bonds. The second kappa shape index (κ2) is 5.34. The first-order chi connectivity index (χ1) is 9.21. The van der Waals surface area contributed by atoms with Gasteiger partial charge >= 0.3 is 0 Å². The van der Waals surface area contributed by atoms with E-state index in [1.165, 1.54) is 11.1 Å². The van der Waals surface area contributed by atoms with E-state index >= 15 is 0 Å². The van der Waals surface area contributed by atoms with Gasteiger partial charge in [0.15, 0.2) is 6.29 Å². The molecule has 0 bridgehead atoms. The fourth-order valence-electron chi connectivity index (χ4n) is 2.85. The highest BCUT2D eigenvalue weighted by molar-refractivity contribution is 5.28. The molecular weight excluding hydrogens is 248 g/mol. The molecule has 2 atom stereocenters. The van der Waals surface area contributed by atoms with Crippen molar-refractivity contribution in [3.63, 3.8) is 0 Å². The van der Waals surface area contributed by atoms with Crippen molar-refractivity contribution in [2.24, 2.45) is 5.41 Å². The molecule has 0 aromatic heterocycles. The molecule has 0 radical (unpaired) electrons. The van der Waals surface area contributed by atoms with Crippen LogP contribution in [-0.4, -0.2) is 18.0 Å². The van der Waals surface area contributed by atoms with Crippen LogP contribution in [0.2, 0.25) is 0 Å². The van der Waals surface area contributed by atoms with Crippen molar-refractivity contribution < 1.29 is 9.84 Å². The standard InChI is InChI=1S/C18H26O2/c1-13-10-18(5,16(19)20-12-13)11-14-6-8-15(9-7-14)17(2,3)4/h6-9,16,19H,1,10-12H2,2-5H3. The second-order valence-corrected chi connectivity index (χ2v) is 7.37. The van der Waals surface area contributed by atoms with E-state index in [4.69, 9.17) is 4.74 Å². The predicted molar refractivity (Wildman–Crippen MR) is 82.7 cm³/mol. The zero-order valence-electron chi connectivity index (χ0n) is 13.1. The number of rotatable bonds is 2. The molecule has 2 rings (SSSR count). The molecule has 2 heteroatoms. The number of benzene rings is 1. The van der Waals surface area contributed by atoms with E-state index in [-0.39, 0.29) is 10.8 Å². The summed E-state index contributed by atoms with van der Waals surface area (Å²) in [5, 5.41) is 10.1. The molecule has 20 heavy (non-hydrogen) atoms. The van der Waals surface area contributed by atoms with Crippen molar-refractivity contribution in [2.75, 3.05) is 6.61 Å². The van der Waals surface area contributed by atoms with Gasteiger partial charge < -0.3 is 9.84 Å². The van der Waals surface area contributed by atoms with Crippen LogP contribution in [0.4, 0.5) is 0 Å². The third-order valence-corrected chi connectivity index (χ3v) is 4.12. The van der Waals surface area contributed by atoms with Gasteiger partial charge in [0.1, 0.15) is 0 Å². The van der Waals surface area contributed by atoms with Crippen molar-refractivity contribution in [1.29, 1.82) is 0 Å². The zero-order valence-corrected chi connectivity index (χ0v) is 13.1. The van der Waals surface area contributed by atoms with Gasteiger partial charge in [0, 0.05) is 5.41 Å². The van der Waals surface area contributed by atoms with Crippen LogP contribution in [0, 0.1) is 5.41 Å². The number of aliphatic hydroxyl groups excluding tert-OH is 1. The van der Waals surface area contributed by atoms with Crippen LogP contribution >= 0.6 is 0 Å². The topological polar surface area (TPSA) is 29.5 Å². The lowest BCUT2D eigenvalue weighted by Crippen LogP contribution is -2.41. The highest BCUT2D eigenvalue weighted by atomic mass is 16.6. The van der Waals surface area contributed by atoms with Gasteiger partial charge in [-0.05, 0) is 29.4 Å². The summed E-state index contributed by atoms with van der Waals surface area (Å²) in [6.45, 7) is 13.2. The smallest absolute Gasteiger partial charge is 0.160 e. The van der Waals surface area contributed by atoms with Crippen LogP contribution in [-0.2, 0) is 16.6 Å². The van der Waals surface area contributed by atoms with Crippen LogP contribution in [0.5, 0.6) is 0 Å². The van der Waals surface area contributed by atoms with Gasteiger partial charge in [-0.25, -0.2) is 0 Å². The Kier molecular flexibility index (Phi) is 4.08. The predicted octanol–water partition coefficient (Wildman–Crippen LogP) is 3.83. The van der Waals surface area contributed by atoms with Crippen LogP contribution in [0.25, 0.3) is 0 Å². The number of hydrogen-bond donors (Lipinski definition) is 1. The summed E-state index contributed by atoms with van der Waals surface area (Å²) < 4.78 is 5.41. The fraction of sp³-hybridized carbons (Fsp3) is 0.556. The Morgan fingerprint density at radius 2 is 1.90 bits per heavy atom. The minimum Gasteiger partial charge on any atom is -0.367 e. The average Bonchev–Trinajstić information content (AvgIpc) is 2.34. The van der Waals surface area contributed by atoms with E-state index < -0.39 is 6.29 Å². The molecule has 1 aliphatic rings. The summed E-state index contributed by atoms with van der Waals surface area (Å²) in [6.07, 6.45) is 0.905. The first kappa shape index (κ1) is 15.3. The van der Waals surface area contributed by atoms with Crippen molar-refractivity contribution in [3.8, 4) is 0 Å². The summed E-state index contributed by atoms with van der Waals surface area (Å²) in [5.41, 5.74) is 3.51. The Morgan fingerprint density at radius 3 is 2.45 bits per heavy atom. The van der Waals surface area contributed by atoms with E-state index in [0.29, 0.717) is 6.61 Å². The maximum Gasteiger partial charge on any atom is 0.160 e. The molecule has 110 valence electrons. The maximum atomic E-state index is 10.1. The van der Waals surface area contributed by atoms with Gasteiger partial charge in [-0.1, -0.05) is 64.1 Å². The second-order valence-electron chi connectivity index (χ2n) is 7.37. The minimum atomic E-state index is -0.713. The molecule has 0 saturated carbocycles. The van der Waals surface area contributed by atoms with Crippen LogP contribution < -0.4 is 0 Å². The third-order valence-electron chi connectivity index (χ3n) is 4.12. The van der Waals surface area contributed by atoms with Gasteiger partial charge in [0.2, 0.25) is 0 Å². The highest BCUT2D eigenvalue weighted by Crippen LogP contribution is 2.38. The van der Waals surface area contributed by atoms with Crippen LogP contribution in [0.15, 0.2) is 36.4 Å². The lowest BCUT2D eigenvalue weighted by atomic mass is 9.76. The Balaban J connectivity index is 2.15. The number of ether oxygens (including phenoxy) is 1. The monoisotopic (exact) mass is 274 g/mol. The van der Waals surface area contributed by atoms with E-state index in [1.54, 1.807) is 0 Å². The summed E-state index contributed by atoms with van der Waals surface area (Å²) in [6, 6.07) is 8.69. The molecule has 1 aliphatic heterocycles. The van der Waals surface area contributed by atoms with Crippen molar-refractivity contribution in [3.05, 3.63) is 47.5 Å². The number of aliphatic hydroxyl groups is 1. The molecule has 0 aliphatic carbocycles. The average molecular weight is 274 g/mol. The first-order valence-electron chi connectivity index (χ1n) is 7.26. The quantitative estimate of drug-likeness (QED) is 0.831. The lowest BCUT2D eigenvalue weighted by Gasteiger charge is -2.39. The van der Waals surface area contributed by atoms with E-state index in [0.717, 1.165) is 18.4 Å². The molecule has 2 unspecified atom stereocenters. The molecule has 1 N–H and O–H groups in total. The van der Waals surface area contributed by atoms with Gasteiger partial charge in [0.05, 0.1) is 6.61 Å². The molecule has 1 saturated heterocycles. The summed E-state index contributed by atoms with van der Waals surface area (Å²) >= 11 is 0.